The minimum absolute atomic E-state index is 0.125. The summed E-state index contributed by atoms with van der Waals surface area (Å²) in [4.78, 5) is 62.1. The molecular weight excluding hydrogens is 568 g/mol. The lowest BCUT2D eigenvalue weighted by atomic mass is 9.73. The van der Waals surface area contributed by atoms with E-state index in [2.05, 4.69) is 24.2 Å². The van der Waals surface area contributed by atoms with Crippen molar-refractivity contribution in [1.29, 1.82) is 0 Å². The average Bonchev–Trinajstić information content (AvgIpc) is 3.37. The molecule has 0 amide bonds. The zero-order chi connectivity index (χ0) is 32.1. The lowest BCUT2D eigenvalue weighted by Gasteiger charge is -2.30. The molecule has 2 saturated carbocycles. The van der Waals surface area contributed by atoms with Gasteiger partial charge in [0, 0.05) is 16.5 Å². The molecule has 2 aromatic carbocycles. The summed E-state index contributed by atoms with van der Waals surface area (Å²) in [7, 11) is 0. The molecule has 2 aromatic rings. The number of nitrogens with zero attached hydrogens (tertiary/aromatic N) is 2. The summed E-state index contributed by atoms with van der Waals surface area (Å²) in [6.07, 6.45) is 11.0. The second kappa shape index (κ2) is 14.0. The van der Waals surface area contributed by atoms with Crippen molar-refractivity contribution >= 4 is 34.9 Å². The first-order valence-corrected chi connectivity index (χ1v) is 16.6. The Morgan fingerprint density at radius 2 is 1.02 bits per heavy atom. The van der Waals surface area contributed by atoms with Gasteiger partial charge in [-0.2, -0.15) is 0 Å². The van der Waals surface area contributed by atoms with Crippen molar-refractivity contribution in [1.82, 2.24) is 0 Å². The quantitative estimate of drug-likeness (QED) is 0.116. The van der Waals surface area contributed by atoms with Crippen LogP contribution in [0.25, 0.3) is 11.1 Å². The molecule has 45 heavy (non-hydrogen) atoms. The zero-order valence-electron chi connectivity index (χ0n) is 26.9. The van der Waals surface area contributed by atoms with Crippen molar-refractivity contribution in [3.05, 3.63) is 58.7 Å². The Labute approximate surface area is 265 Å². The lowest BCUT2D eigenvalue weighted by molar-refractivity contribution is -0.150. The number of benzene rings is 2. The van der Waals surface area contributed by atoms with Crippen molar-refractivity contribution in [3.63, 3.8) is 0 Å². The average molecular weight is 613 g/mol. The Morgan fingerprint density at radius 3 is 1.38 bits per heavy atom. The first-order valence-electron chi connectivity index (χ1n) is 16.6. The van der Waals surface area contributed by atoms with E-state index in [-0.39, 0.29) is 46.8 Å². The van der Waals surface area contributed by atoms with E-state index in [0.29, 0.717) is 11.1 Å². The fourth-order valence-corrected chi connectivity index (χ4v) is 7.34. The molecular formula is C37H44N2O6. The third-order valence-electron chi connectivity index (χ3n) is 10.2. The molecule has 5 rings (SSSR count). The topological polar surface area (TPSA) is 111 Å². The van der Waals surface area contributed by atoms with Gasteiger partial charge in [-0.05, 0) is 86.8 Å². The number of hydrogen-bond acceptors (Lipinski definition) is 8. The molecule has 0 N–H and O–H groups in total. The second-order valence-corrected chi connectivity index (χ2v) is 12.8. The van der Waals surface area contributed by atoms with Crippen LogP contribution in [-0.4, -0.2) is 34.9 Å². The van der Waals surface area contributed by atoms with Crippen LogP contribution >= 0.6 is 0 Å². The van der Waals surface area contributed by atoms with Gasteiger partial charge in [-0.3, -0.25) is 9.59 Å². The van der Waals surface area contributed by atoms with Crippen LogP contribution in [0.4, 0.5) is 0 Å². The van der Waals surface area contributed by atoms with Crippen LogP contribution in [0.1, 0.15) is 137 Å². The van der Waals surface area contributed by atoms with Crippen molar-refractivity contribution in [2.24, 2.45) is 22.1 Å². The van der Waals surface area contributed by atoms with Gasteiger partial charge in [0.2, 0.25) is 11.6 Å². The number of ketones is 2. The minimum atomic E-state index is -0.408. The fourth-order valence-electron chi connectivity index (χ4n) is 7.34. The molecule has 0 aromatic heterocycles. The molecule has 3 aliphatic rings. The van der Waals surface area contributed by atoms with Crippen LogP contribution in [0, 0.1) is 11.8 Å². The van der Waals surface area contributed by atoms with Crippen molar-refractivity contribution in [3.8, 4) is 11.1 Å². The van der Waals surface area contributed by atoms with Gasteiger partial charge in [0.05, 0.1) is 11.8 Å². The highest BCUT2D eigenvalue weighted by atomic mass is 16.7. The molecule has 8 nitrogen and oxygen atoms in total. The maximum atomic E-state index is 13.4. The molecule has 0 radical (unpaired) electrons. The van der Waals surface area contributed by atoms with E-state index in [0.717, 1.165) is 99.3 Å². The molecule has 0 aliphatic heterocycles. The van der Waals surface area contributed by atoms with Crippen LogP contribution in [-0.2, 0) is 24.7 Å². The minimum Gasteiger partial charge on any atom is -0.318 e. The maximum absolute atomic E-state index is 13.4. The summed E-state index contributed by atoms with van der Waals surface area (Å²) in [5.74, 6) is -1.62. The third-order valence-corrected chi connectivity index (χ3v) is 10.2. The van der Waals surface area contributed by atoms with Crippen molar-refractivity contribution in [2.45, 2.75) is 110 Å². The van der Waals surface area contributed by atoms with Gasteiger partial charge in [0.15, 0.2) is 0 Å². The second-order valence-electron chi connectivity index (χ2n) is 12.8. The van der Waals surface area contributed by atoms with Crippen LogP contribution in [0.15, 0.2) is 46.7 Å². The molecule has 8 heteroatoms. The van der Waals surface area contributed by atoms with Crippen LogP contribution < -0.4 is 0 Å². The number of carbonyl (C=O) groups is 4. The summed E-state index contributed by atoms with van der Waals surface area (Å²) in [5.41, 5.74) is 4.88. The van der Waals surface area contributed by atoms with Gasteiger partial charge < -0.3 is 9.68 Å². The summed E-state index contributed by atoms with van der Waals surface area (Å²) in [5, 5.41) is 7.85. The Hall–Kier alpha value is -3.94. The molecule has 0 bridgehead atoms. The van der Waals surface area contributed by atoms with Gasteiger partial charge in [-0.15, -0.1) is 0 Å². The SMILES string of the molecule is CCC1(CC)c2cc(C(=O)/C(C)=N/OC(=O)C3CCCCC3)ccc2-c2ccc(C(=O)/C(C)=N/OC(=O)C3CCCCC3)cc21. The summed E-state index contributed by atoms with van der Waals surface area (Å²) in [6, 6.07) is 11.3. The predicted octanol–water partition coefficient (Wildman–Crippen LogP) is 8.14. The Kier molecular flexibility index (Phi) is 10.1. The number of fused-ring (bicyclic) bond motifs is 3. The van der Waals surface area contributed by atoms with Gasteiger partial charge in [-0.25, -0.2) is 9.59 Å². The van der Waals surface area contributed by atoms with Gasteiger partial charge in [-0.1, -0.05) is 86.9 Å². The maximum Gasteiger partial charge on any atom is 0.338 e. The molecule has 3 aliphatic carbocycles. The summed E-state index contributed by atoms with van der Waals surface area (Å²) in [6.45, 7) is 7.36. The highest BCUT2D eigenvalue weighted by molar-refractivity contribution is 6.45. The first kappa shape index (κ1) is 32.5. The monoisotopic (exact) mass is 612 g/mol. The lowest BCUT2D eigenvalue weighted by Crippen LogP contribution is -2.24. The molecule has 0 saturated heterocycles. The number of carbonyl (C=O) groups excluding carboxylic acids is 4. The molecule has 0 unspecified atom stereocenters. The highest BCUT2D eigenvalue weighted by Gasteiger charge is 2.41. The van der Waals surface area contributed by atoms with Crippen LogP contribution in [0.2, 0.25) is 0 Å². The van der Waals surface area contributed by atoms with E-state index in [1.54, 1.807) is 26.0 Å². The summed E-state index contributed by atoms with van der Waals surface area (Å²) < 4.78 is 0. The first-order chi connectivity index (χ1) is 21.7. The number of Topliss-reactive ketones (excluding diaryl/α,β-unsaturated/α-hetero) is 2. The number of rotatable bonds is 10. The van der Waals surface area contributed by atoms with E-state index in [9.17, 15) is 19.2 Å². The standard InChI is InChI=1S/C37H44N2O6/c1-5-37(6-2)31-21-27(33(40)23(3)38-44-35(42)25-13-9-7-10-14-25)17-19-29(31)30-20-18-28(22-32(30)37)34(41)24(4)39-45-36(43)26-15-11-8-12-16-26/h17-22,25-26H,5-16H2,1-4H3/b38-23+,39-24+. The van der Waals surface area contributed by atoms with Gasteiger partial charge >= 0.3 is 11.9 Å². The number of hydrogen-bond donors (Lipinski definition) is 0. The smallest absolute Gasteiger partial charge is 0.318 e. The van der Waals surface area contributed by atoms with Gasteiger partial charge in [0.25, 0.3) is 0 Å². The van der Waals surface area contributed by atoms with E-state index in [1.165, 1.54) is 0 Å². The third kappa shape index (κ3) is 6.56. The summed E-state index contributed by atoms with van der Waals surface area (Å²) >= 11 is 0. The zero-order valence-corrected chi connectivity index (χ0v) is 26.9. The Bertz CT molecular complexity index is 1430. The highest BCUT2D eigenvalue weighted by Crippen LogP contribution is 2.53. The molecule has 0 atom stereocenters. The van der Waals surface area contributed by atoms with E-state index in [4.69, 9.17) is 9.68 Å². The van der Waals surface area contributed by atoms with Crippen molar-refractivity contribution in [2.75, 3.05) is 0 Å². The number of oxime groups is 2. The molecule has 238 valence electrons. The van der Waals surface area contributed by atoms with E-state index >= 15 is 0 Å². The van der Waals surface area contributed by atoms with Crippen LogP contribution in [0.5, 0.6) is 0 Å². The Morgan fingerprint density at radius 1 is 0.644 bits per heavy atom. The van der Waals surface area contributed by atoms with E-state index < -0.39 is 5.41 Å². The molecule has 2 fully saturated rings. The largest absolute Gasteiger partial charge is 0.338 e. The van der Waals surface area contributed by atoms with Gasteiger partial charge in [0.1, 0.15) is 11.4 Å². The predicted molar refractivity (Wildman–Crippen MR) is 173 cm³/mol. The Balaban J connectivity index is 1.36. The molecule has 0 spiro atoms. The van der Waals surface area contributed by atoms with E-state index in [1.807, 2.05) is 24.3 Å². The van der Waals surface area contributed by atoms with Crippen LogP contribution in [0.3, 0.4) is 0 Å². The fraction of sp³-hybridized carbons (Fsp3) is 0.514. The normalized spacial score (nSPS) is 18.6. The van der Waals surface area contributed by atoms with Crippen molar-refractivity contribution < 1.29 is 28.9 Å². The molecule has 0 heterocycles.